The summed E-state index contributed by atoms with van der Waals surface area (Å²) in [5.74, 6) is -7.84. The van der Waals surface area contributed by atoms with Crippen LogP contribution in [0.5, 0.6) is 0 Å². The van der Waals surface area contributed by atoms with Crippen LogP contribution in [0.4, 0.5) is 30.7 Å². The van der Waals surface area contributed by atoms with E-state index >= 15 is 0 Å². The lowest BCUT2D eigenvalue weighted by Gasteiger charge is -2.25. The zero-order valence-corrected chi connectivity index (χ0v) is 7.19. The fourth-order valence-electron chi connectivity index (χ4n) is 0.555. The van der Waals surface area contributed by atoms with Crippen LogP contribution in [0.3, 0.4) is 0 Å². The number of halogens is 8. The minimum absolute atomic E-state index is 1.72. The van der Waals surface area contributed by atoms with Crippen LogP contribution < -0.4 is 0 Å². The first-order chi connectivity index (χ1) is 6.16. The molecule has 0 nitrogen and oxygen atoms in total. The van der Waals surface area contributed by atoms with E-state index in [-0.39, 0.29) is 0 Å². The Morgan fingerprint density at radius 2 is 1.50 bits per heavy atom. The lowest BCUT2D eigenvalue weighted by Crippen LogP contribution is -2.40. The third-order valence-corrected chi connectivity index (χ3v) is 1.75. The molecule has 84 valence electrons. The van der Waals surface area contributed by atoms with Crippen LogP contribution in [0, 0.1) is 0 Å². The van der Waals surface area contributed by atoms with Gasteiger partial charge >= 0.3 is 17.1 Å². The summed E-state index contributed by atoms with van der Waals surface area (Å²) in [4.78, 5) is 0. The lowest BCUT2D eigenvalue weighted by molar-refractivity contribution is -0.0968. The average Bonchev–Trinajstić information content (AvgIpc) is 2.02. The highest BCUT2D eigenvalue weighted by Gasteiger charge is 2.58. The molecule has 14 heavy (non-hydrogen) atoms. The van der Waals surface area contributed by atoms with Gasteiger partial charge in [-0.15, -0.1) is 0 Å². The van der Waals surface area contributed by atoms with E-state index in [1.54, 1.807) is 0 Å². The van der Waals surface area contributed by atoms with Crippen LogP contribution in [-0.2, 0) is 0 Å². The molecule has 0 aliphatic rings. The highest BCUT2D eigenvalue weighted by molar-refractivity contribution is 6.25. The van der Waals surface area contributed by atoms with Gasteiger partial charge in [0.25, 0.3) is 0 Å². The second-order valence-corrected chi connectivity index (χ2v) is 2.81. The maximum absolute atomic E-state index is 12.6. The van der Waals surface area contributed by atoms with Crippen molar-refractivity contribution in [3.8, 4) is 0 Å². The van der Waals surface area contributed by atoms with Crippen LogP contribution in [-0.4, -0.2) is 17.7 Å². The van der Waals surface area contributed by atoms with Crippen LogP contribution in [0.1, 0.15) is 6.42 Å². The van der Waals surface area contributed by atoms with E-state index < -0.39 is 36.1 Å². The Balaban J connectivity index is 5.04. The predicted octanol–water partition coefficient (Wildman–Crippen LogP) is 3.96. The SMILES string of the molecule is FCCC(F)(F)C(F)(Cl)C(F)=C(F)F. The van der Waals surface area contributed by atoms with E-state index in [2.05, 4.69) is 11.6 Å². The normalized spacial score (nSPS) is 16.3. The van der Waals surface area contributed by atoms with Crippen molar-refractivity contribution < 1.29 is 30.7 Å². The highest BCUT2D eigenvalue weighted by atomic mass is 35.5. The van der Waals surface area contributed by atoms with Gasteiger partial charge in [-0.25, -0.2) is 17.6 Å². The molecule has 0 fully saturated rings. The van der Waals surface area contributed by atoms with Crippen molar-refractivity contribution >= 4 is 11.6 Å². The summed E-state index contributed by atoms with van der Waals surface area (Å²) in [6, 6.07) is 0. The summed E-state index contributed by atoms with van der Waals surface area (Å²) in [5.41, 5.74) is 0. The third kappa shape index (κ3) is 2.52. The maximum Gasteiger partial charge on any atom is 0.306 e. The molecule has 0 N–H and O–H groups in total. The molecule has 8 heteroatoms. The number of hydrogen-bond donors (Lipinski definition) is 0. The molecule has 0 aromatic rings. The van der Waals surface area contributed by atoms with E-state index in [4.69, 9.17) is 0 Å². The second kappa shape index (κ2) is 4.37. The topological polar surface area (TPSA) is 0 Å². The quantitative estimate of drug-likeness (QED) is 0.519. The van der Waals surface area contributed by atoms with E-state index in [1.807, 2.05) is 0 Å². The Morgan fingerprint density at radius 1 is 1.07 bits per heavy atom. The van der Waals surface area contributed by atoms with Crippen molar-refractivity contribution in [3.05, 3.63) is 11.9 Å². The highest BCUT2D eigenvalue weighted by Crippen LogP contribution is 2.46. The largest absolute Gasteiger partial charge is 0.306 e. The zero-order chi connectivity index (χ0) is 11.6. The van der Waals surface area contributed by atoms with Gasteiger partial charge in [0.1, 0.15) is 0 Å². The number of hydrogen-bond acceptors (Lipinski definition) is 0. The van der Waals surface area contributed by atoms with Crippen LogP contribution in [0.15, 0.2) is 11.9 Å². The molecule has 0 bridgehead atoms. The molecule has 0 aromatic heterocycles. The minimum atomic E-state index is -4.74. The summed E-state index contributed by atoms with van der Waals surface area (Å²) in [6.07, 6.45) is -5.09. The van der Waals surface area contributed by atoms with Gasteiger partial charge in [0.05, 0.1) is 6.67 Å². The molecule has 0 radical (unpaired) electrons. The molecule has 0 heterocycles. The molecular formula is C6H4ClF7. The molecule has 0 saturated carbocycles. The van der Waals surface area contributed by atoms with Gasteiger partial charge in [-0.1, -0.05) is 11.6 Å². The molecule has 0 aromatic carbocycles. The van der Waals surface area contributed by atoms with Gasteiger partial charge in [-0.05, 0) is 0 Å². The number of allylic oxidation sites excluding steroid dienone is 1. The molecular weight excluding hydrogens is 241 g/mol. The Kier molecular flexibility index (Phi) is 4.23. The molecule has 0 rings (SSSR count). The van der Waals surface area contributed by atoms with Gasteiger partial charge in [0.15, 0.2) is 0 Å². The second-order valence-electron chi connectivity index (χ2n) is 2.29. The Labute approximate surface area is 79.3 Å². The number of rotatable bonds is 4. The summed E-state index contributed by atoms with van der Waals surface area (Å²) in [7, 11) is 0. The Morgan fingerprint density at radius 3 is 1.79 bits per heavy atom. The number of alkyl halides is 5. The smallest absolute Gasteiger partial charge is 0.251 e. The van der Waals surface area contributed by atoms with E-state index in [9.17, 15) is 30.7 Å². The lowest BCUT2D eigenvalue weighted by atomic mass is 10.1. The van der Waals surface area contributed by atoms with Crippen LogP contribution in [0.2, 0.25) is 0 Å². The summed E-state index contributed by atoms with van der Waals surface area (Å²) in [6.45, 7) is -1.72. The van der Waals surface area contributed by atoms with Crippen molar-refractivity contribution in [1.82, 2.24) is 0 Å². The van der Waals surface area contributed by atoms with Gasteiger partial charge < -0.3 is 0 Å². The standard InChI is InChI=1S/C6H4ClF7/c7-6(14,3(9)4(10)11)5(12,13)1-2-8/h1-2H2. The first-order valence-corrected chi connectivity index (χ1v) is 3.57. The Bertz CT molecular complexity index is 230. The Hall–Kier alpha value is -0.460. The van der Waals surface area contributed by atoms with Crippen molar-refractivity contribution in [2.45, 2.75) is 17.5 Å². The first kappa shape index (κ1) is 13.5. The molecule has 0 amide bonds. The molecule has 1 atom stereocenters. The van der Waals surface area contributed by atoms with Crippen molar-refractivity contribution in [2.24, 2.45) is 0 Å². The van der Waals surface area contributed by atoms with Crippen molar-refractivity contribution in [1.29, 1.82) is 0 Å². The van der Waals surface area contributed by atoms with E-state index in [0.29, 0.717) is 0 Å². The molecule has 0 saturated heterocycles. The monoisotopic (exact) mass is 244 g/mol. The first-order valence-electron chi connectivity index (χ1n) is 3.19. The molecule has 1 unspecified atom stereocenters. The average molecular weight is 245 g/mol. The zero-order valence-electron chi connectivity index (χ0n) is 6.44. The van der Waals surface area contributed by atoms with Gasteiger partial charge in [0.2, 0.25) is 5.83 Å². The van der Waals surface area contributed by atoms with Gasteiger partial charge in [0, 0.05) is 6.42 Å². The van der Waals surface area contributed by atoms with Gasteiger partial charge in [-0.3, -0.25) is 4.39 Å². The van der Waals surface area contributed by atoms with E-state index in [0.717, 1.165) is 0 Å². The maximum atomic E-state index is 12.6. The van der Waals surface area contributed by atoms with E-state index in [1.165, 1.54) is 0 Å². The molecule has 0 spiro atoms. The third-order valence-electron chi connectivity index (χ3n) is 1.31. The van der Waals surface area contributed by atoms with Crippen molar-refractivity contribution in [2.75, 3.05) is 6.67 Å². The summed E-state index contributed by atoms with van der Waals surface area (Å²) in [5, 5.41) is -4.71. The van der Waals surface area contributed by atoms with Crippen molar-refractivity contribution in [3.63, 3.8) is 0 Å². The predicted molar refractivity (Wildman–Crippen MR) is 35.6 cm³/mol. The minimum Gasteiger partial charge on any atom is -0.251 e. The molecule has 0 aliphatic carbocycles. The fourth-order valence-corrected chi connectivity index (χ4v) is 0.721. The van der Waals surface area contributed by atoms with Gasteiger partial charge in [-0.2, -0.15) is 8.78 Å². The summed E-state index contributed by atoms with van der Waals surface area (Å²) < 4.78 is 84.0. The van der Waals surface area contributed by atoms with Crippen LogP contribution >= 0.6 is 11.6 Å². The summed E-state index contributed by atoms with van der Waals surface area (Å²) >= 11 is 4.26. The molecule has 0 aliphatic heterocycles. The fraction of sp³-hybridized carbons (Fsp3) is 0.667. The van der Waals surface area contributed by atoms with Crippen LogP contribution in [0.25, 0.3) is 0 Å².